The molecule has 4 nitrogen and oxygen atoms in total. The van der Waals surface area contributed by atoms with E-state index in [0.29, 0.717) is 13.0 Å². The van der Waals surface area contributed by atoms with Crippen LogP contribution in [0.1, 0.15) is 50.9 Å². The molecule has 0 spiro atoms. The van der Waals surface area contributed by atoms with Crippen molar-refractivity contribution in [1.82, 2.24) is 10.3 Å². The van der Waals surface area contributed by atoms with E-state index in [2.05, 4.69) is 122 Å². The molecule has 1 aliphatic rings. The van der Waals surface area contributed by atoms with Gasteiger partial charge in [0, 0.05) is 35.3 Å². The Balaban J connectivity index is 1.48. The third-order valence-corrected chi connectivity index (χ3v) is 12.6. The fourth-order valence-corrected chi connectivity index (χ4v) is 10.6. The summed E-state index contributed by atoms with van der Waals surface area (Å²) in [5, 5.41) is 17.0. The highest BCUT2D eigenvalue weighted by atomic mass is 28.4. The first kappa shape index (κ1) is 24.5. The lowest BCUT2D eigenvalue weighted by Gasteiger charge is -2.43. The maximum atomic E-state index is 9.42. The number of rotatable bonds is 7. The normalized spacial score (nSPS) is 18.1. The van der Waals surface area contributed by atoms with E-state index in [9.17, 15) is 5.26 Å². The Morgan fingerprint density at radius 2 is 1.53 bits per heavy atom. The second-order valence-electron chi connectivity index (χ2n) is 10.8. The number of benzene rings is 3. The Bertz CT molecular complexity index is 1310. The van der Waals surface area contributed by atoms with E-state index in [1.54, 1.807) is 0 Å². The highest BCUT2D eigenvalue weighted by Crippen LogP contribution is 2.38. The van der Waals surface area contributed by atoms with E-state index >= 15 is 0 Å². The van der Waals surface area contributed by atoms with Crippen molar-refractivity contribution in [3.8, 4) is 6.07 Å². The van der Waals surface area contributed by atoms with Gasteiger partial charge in [0.25, 0.3) is 8.32 Å². The quantitative estimate of drug-likeness (QED) is 0.329. The Morgan fingerprint density at radius 1 is 0.917 bits per heavy atom. The zero-order valence-corrected chi connectivity index (χ0v) is 22.4. The summed E-state index contributed by atoms with van der Waals surface area (Å²) < 4.78 is 7.17. The fourth-order valence-electron chi connectivity index (χ4n) is 5.97. The summed E-state index contributed by atoms with van der Waals surface area (Å²) in [6.07, 6.45) is 2.22. The Hall–Kier alpha value is -3.17. The van der Waals surface area contributed by atoms with Gasteiger partial charge in [0.15, 0.2) is 0 Å². The number of fused-ring (bicyclic) bond motifs is 3. The highest BCUT2D eigenvalue weighted by molar-refractivity contribution is 6.99. The third-order valence-electron chi connectivity index (χ3n) is 7.56. The molecule has 5 heteroatoms. The van der Waals surface area contributed by atoms with Crippen LogP contribution in [0.4, 0.5) is 0 Å². The molecule has 0 amide bonds. The van der Waals surface area contributed by atoms with Gasteiger partial charge in [0.1, 0.15) is 0 Å². The summed E-state index contributed by atoms with van der Waals surface area (Å²) >= 11 is 0. The van der Waals surface area contributed by atoms with Crippen LogP contribution in [0, 0.1) is 11.3 Å². The standard InChI is InChI=1S/C31H35N3OSi/c1-31(2,3)36(24-12-6-4-7-13-24,25-14-8-5-9-15-25)35-21-19-29-30-27(22-23(33-29)18-20-32)26-16-10-11-17-28(26)34-30/h4-17,23,29,33-34H,18-19,21-22H2,1-3H3/t23-,29+/m1/s1. The van der Waals surface area contributed by atoms with Crippen LogP contribution in [0.15, 0.2) is 84.9 Å². The third kappa shape index (κ3) is 4.41. The number of aromatic nitrogens is 1. The molecule has 4 aromatic rings. The van der Waals surface area contributed by atoms with Crippen molar-refractivity contribution in [3.05, 3.63) is 96.2 Å². The zero-order valence-electron chi connectivity index (χ0n) is 21.4. The van der Waals surface area contributed by atoms with Crippen molar-refractivity contribution in [3.63, 3.8) is 0 Å². The van der Waals surface area contributed by atoms with Crippen LogP contribution >= 0.6 is 0 Å². The largest absolute Gasteiger partial charge is 0.407 e. The predicted molar refractivity (Wildman–Crippen MR) is 150 cm³/mol. The number of nitrogens with one attached hydrogen (secondary N) is 2. The maximum absolute atomic E-state index is 9.42. The van der Waals surface area contributed by atoms with Gasteiger partial charge in [0.2, 0.25) is 0 Å². The number of aromatic amines is 1. The van der Waals surface area contributed by atoms with E-state index in [1.165, 1.54) is 32.5 Å². The minimum atomic E-state index is -2.58. The summed E-state index contributed by atoms with van der Waals surface area (Å²) in [6, 6.07) is 32.8. The summed E-state index contributed by atoms with van der Waals surface area (Å²) in [7, 11) is -2.58. The van der Waals surface area contributed by atoms with Crippen molar-refractivity contribution in [2.24, 2.45) is 0 Å². The Labute approximate surface area is 215 Å². The van der Waals surface area contributed by atoms with Crippen LogP contribution in [0.3, 0.4) is 0 Å². The number of hydrogen-bond donors (Lipinski definition) is 2. The van der Waals surface area contributed by atoms with Crippen molar-refractivity contribution < 1.29 is 4.43 Å². The molecule has 2 heterocycles. The number of nitriles is 1. The summed E-state index contributed by atoms with van der Waals surface area (Å²) in [5.74, 6) is 0. The van der Waals surface area contributed by atoms with Crippen LogP contribution in [0.25, 0.3) is 10.9 Å². The smallest absolute Gasteiger partial charge is 0.261 e. The van der Waals surface area contributed by atoms with Crippen molar-refractivity contribution in [1.29, 1.82) is 5.26 Å². The molecule has 3 aromatic carbocycles. The number of hydrogen-bond acceptors (Lipinski definition) is 3. The van der Waals surface area contributed by atoms with Crippen molar-refractivity contribution in [2.45, 2.75) is 57.2 Å². The van der Waals surface area contributed by atoms with E-state index in [4.69, 9.17) is 4.43 Å². The summed E-state index contributed by atoms with van der Waals surface area (Å²) in [4.78, 5) is 3.68. The van der Waals surface area contributed by atoms with Crippen LogP contribution in [-0.2, 0) is 10.8 Å². The highest BCUT2D eigenvalue weighted by Gasteiger charge is 2.50. The molecule has 1 aromatic heterocycles. The number of nitrogens with zero attached hydrogens (tertiary/aromatic N) is 1. The molecule has 184 valence electrons. The second kappa shape index (κ2) is 10.1. The van der Waals surface area contributed by atoms with Gasteiger partial charge in [0.05, 0.1) is 12.5 Å². The molecule has 0 bridgehead atoms. The number of para-hydroxylation sites is 1. The molecular formula is C31H35N3OSi. The lowest BCUT2D eigenvalue weighted by molar-refractivity contribution is 0.257. The van der Waals surface area contributed by atoms with Gasteiger partial charge in [-0.25, -0.2) is 0 Å². The van der Waals surface area contributed by atoms with E-state index in [1.807, 2.05) is 0 Å². The SMILES string of the molecule is CC(C)(C)[Si](OCC[C@@H]1N[C@H](CC#N)Cc2c1[nH]c1ccccc21)(c1ccccc1)c1ccccc1. The van der Waals surface area contributed by atoms with E-state index in [0.717, 1.165) is 12.8 Å². The molecular weight excluding hydrogens is 458 g/mol. The Kier molecular flexibility index (Phi) is 6.85. The van der Waals surface area contributed by atoms with Gasteiger partial charge < -0.3 is 14.7 Å². The second-order valence-corrected chi connectivity index (χ2v) is 15.2. The molecule has 0 unspecified atom stereocenters. The first-order valence-electron chi connectivity index (χ1n) is 12.9. The van der Waals surface area contributed by atoms with Crippen LogP contribution < -0.4 is 15.7 Å². The molecule has 2 atom stereocenters. The molecule has 5 rings (SSSR count). The van der Waals surface area contributed by atoms with E-state index in [-0.39, 0.29) is 17.1 Å². The first-order chi connectivity index (χ1) is 17.4. The molecule has 1 aliphatic heterocycles. The molecule has 0 fully saturated rings. The van der Waals surface area contributed by atoms with Gasteiger partial charge >= 0.3 is 0 Å². The fraction of sp³-hybridized carbons (Fsp3) is 0.323. The molecule has 0 saturated heterocycles. The van der Waals surface area contributed by atoms with Crippen molar-refractivity contribution in [2.75, 3.05) is 6.61 Å². The maximum Gasteiger partial charge on any atom is 0.261 e. The lowest BCUT2D eigenvalue weighted by Crippen LogP contribution is -2.66. The van der Waals surface area contributed by atoms with Gasteiger partial charge in [-0.1, -0.05) is 99.6 Å². The van der Waals surface area contributed by atoms with Crippen LogP contribution in [0.2, 0.25) is 5.04 Å². The van der Waals surface area contributed by atoms with Crippen LogP contribution in [0.5, 0.6) is 0 Å². The molecule has 0 radical (unpaired) electrons. The number of H-pyrrole nitrogens is 1. The van der Waals surface area contributed by atoms with Gasteiger partial charge in [-0.3, -0.25) is 0 Å². The molecule has 36 heavy (non-hydrogen) atoms. The minimum absolute atomic E-state index is 0.0503. The summed E-state index contributed by atoms with van der Waals surface area (Å²) in [6.45, 7) is 7.59. The average Bonchev–Trinajstić information content (AvgIpc) is 3.26. The minimum Gasteiger partial charge on any atom is -0.407 e. The average molecular weight is 494 g/mol. The van der Waals surface area contributed by atoms with Crippen LogP contribution in [-0.4, -0.2) is 26.0 Å². The first-order valence-corrected chi connectivity index (χ1v) is 14.8. The lowest BCUT2D eigenvalue weighted by atomic mass is 9.91. The summed E-state index contributed by atoms with van der Waals surface area (Å²) in [5.41, 5.74) is 3.76. The topological polar surface area (TPSA) is 60.8 Å². The van der Waals surface area contributed by atoms with E-state index < -0.39 is 8.32 Å². The van der Waals surface area contributed by atoms with Crippen molar-refractivity contribution >= 4 is 29.6 Å². The molecule has 2 N–H and O–H groups in total. The predicted octanol–water partition coefficient (Wildman–Crippen LogP) is 5.60. The van der Waals surface area contributed by atoms with Gasteiger partial charge in [-0.2, -0.15) is 5.26 Å². The molecule has 0 aliphatic carbocycles. The monoisotopic (exact) mass is 493 g/mol. The zero-order chi connectivity index (χ0) is 25.2. The van der Waals surface area contributed by atoms with Gasteiger partial charge in [-0.05, 0) is 39.9 Å². The molecule has 0 saturated carbocycles. The Morgan fingerprint density at radius 3 is 2.14 bits per heavy atom. The van der Waals surface area contributed by atoms with Gasteiger partial charge in [-0.15, -0.1) is 0 Å².